The molecule has 2 saturated carbocycles. The molecule has 0 aromatic carbocycles. The average Bonchev–Trinajstić information content (AvgIpc) is 2.95. The van der Waals surface area contributed by atoms with Gasteiger partial charge in [-0.25, -0.2) is 0 Å². The fraction of sp³-hybridized carbons (Fsp3) is 0.826. The van der Waals surface area contributed by atoms with Crippen LogP contribution in [0, 0.1) is 35.0 Å². The summed E-state index contributed by atoms with van der Waals surface area (Å²) in [4.78, 5) is 2.18. The highest BCUT2D eigenvalue weighted by Gasteiger charge is 2.50. The van der Waals surface area contributed by atoms with E-state index in [-0.39, 0.29) is 12.5 Å². The molecule has 0 bridgehead atoms. The maximum Gasteiger partial charge on any atom is 0.0642 e. The summed E-state index contributed by atoms with van der Waals surface area (Å²) in [7, 11) is 0. The fourth-order valence-electron chi connectivity index (χ4n) is 6.08. The first-order chi connectivity index (χ1) is 12.2. The standard InChI is InChI=1S/C23H39BrO2/c1-15(2)11-19(17(4)14-25)22(26)12-16(3)20-8-9-21-18(13-24)7-6-10-23(20,21)5/h13,15-16,19-22,25-26H,4,6-12,14H2,1-3,5H3/t16-,19+,20-,21+,22+,23-/m1/s1. The van der Waals surface area contributed by atoms with Gasteiger partial charge in [0, 0.05) is 5.92 Å². The number of fused-ring (bicyclic) bond motifs is 1. The van der Waals surface area contributed by atoms with Gasteiger partial charge in [-0.1, -0.05) is 55.8 Å². The highest BCUT2D eigenvalue weighted by molar-refractivity contribution is 9.11. The minimum atomic E-state index is -0.399. The molecule has 2 rings (SSSR count). The quantitative estimate of drug-likeness (QED) is 0.461. The third kappa shape index (κ3) is 4.64. The van der Waals surface area contributed by atoms with E-state index in [4.69, 9.17) is 0 Å². The van der Waals surface area contributed by atoms with E-state index in [0.29, 0.717) is 29.1 Å². The van der Waals surface area contributed by atoms with Crippen molar-refractivity contribution in [3.8, 4) is 0 Å². The highest BCUT2D eigenvalue weighted by Crippen LogP contribution is 2.60. The number of halogens is 1. The van der Waals surface area contributed by atoms with Crippen LogP contribution in [-0.2, 0) is 0 Å². The Hall–Kier alpha value is -0.120. The van der Waals surface area contributed by atoms with Crippen LogP contribution >= 0.6 is 15.9 Å². The van der Waals surface area contributed by atoms with E-state index < -0.39 is 6.10 Å². The Balaban J connectivity index is 2.08. The van der Waals surface area contributed by atoms with Gasteiger partial charge in [-0.15, -0.1) is 0 Å². The first kappa shape index (κ1) is 22.2. The maximum atomic E-state index is 11.0. The Bertz CT molecular complexity index is 512. The van der Waals surface area contributed by atoms with Crippen molar-refractivity contribution in [1.29, 1.82) is 0 Å². The Morgan fingerprint density at radius 1 is 1.31 bits per heavy atom. The molecule has 2 aliphatic carbocycles. The molecule has 2 N–H and O–H groups in total. The molecule has 0 saturated heterocycles. The van der Waals surface area contributed by atoms with E-state index in [0.717, 1.165) is 18.4 Å². The second-order valence-electron chi connectivity index (χ2n) is 9.61. The molecule has 0 radical (unpaired) electrons. The van der Waals surface area contributed by atoms with Crippen LogP contribution < -0.4 is 0 Å². The normalized spacial score (nSPS) is 33.9. The van der Waals surface area contributed by atoms with Gasteiger partial charge in [-0.05, 0) is 84.6 Å². The lowest BCUT2D eigenvalue weighted by Crippen LogP contribution is -2.37. The van der Waals surface area contributed by atoms with Crippen molar-refractivity contribution in [2.45, 2.75) is 78.7 Å². The molecule has 2 fully saturated rings. The van der Waals surface area contributed by atoms with Gasteiger partial charge in [-0.3, -0.25) is 0 Å². The van der Waals surface area contributed by atoms with Gasteiger partial charge < -0.3 is 10.2 Å². The van der Waals surface area contributed by atoms with Crippen molar-refractivity contribution in [1.82, 2.24) is 0 Å². The SMILES string of the molecule is C=C(CO)[C@H](CC(C)C)[C@@H](O)C[C@@H](C)[C@H]1CC[C@H]2C(=CBr)CCC[C@]12C. The molecule has 150 valence electrons. The van der Waals surface area contributed by atoms with Gasteiger partial charge in [0.1, 0.15) is 0 Å². The van der Waals surface area contributed by atoms with Gasteiger partial charge in [0.05, 0.1) is 12.7 Å². The molecule has 6 atom stereocenters. The first-order valence-corrected chi connectivity index (χ1v) is 11.4. The van der Waals surface area contributed by atoms with E-state index in [9.17, 15) is 10.2 Å². The number of allylic oxidation sites excluding steroid dienone is 1. The van der Waals surface area contributed by atoms with Gasteiger partial charge in [0.2, 0.25) is 0 Å². The van der Waals surface area contributed by atoms with Gasteiger partial charge >= 0.3 is 0 Å². The monoisotopic (exact) mass is 426 g/mol. The van der Waals surface area contributed by atoms with E-state index in [1.807, 2.05) is 0 Å². The molecule has 3 heteroatoms. The topological polar surface area (TPSA) is 40.5 Å². The summed E-state index contributed by atoms with van der Waals surface area (Å²) in [6.07, 6.45) is 7.71. The van der Waals surface area contributed by atoms with E-state index in [2.05, 4.69) is 55.2 Å². The molecule has 2 nitrogen and oxygen atoms in total. The van der Waals surface area contributed by atoms with Crippen LogP contribution in [0.4, 0.5) is 0 Å². The summed E-state index contributed by atoms with van der Waals surface area (Å²) in [5.41, 5.74) is 2.76. The smallest absolute Gasteiger partial charge is 0.0642 e. The second kappa shape index (κ2) is 9.39. The molecule has 0 unspecified atom stereocenters. The minimum absolute atomic E-state index is 0.0109. The molecular formula is C23H39BrO2. The highest BCUT2D eigenvalue weighted by atomic mass is 79.9. The summed E-state index contributed by atoms with van der Waals surface area (Å²) in [6.45, 7) is 13.2. The van der Waals surface area contributed by atoms with Crippen LogP contribution in [0.3, 0.4) is 0 Å². The molecule has 26 heavy (non-hydrogen) atoms. The third-order valence-corrected chi connectivity index (χ3v) is 7.98. The van der Waals surface area contributed by atoms with Crippen molar-refractivity contribution in [2.24, 2.45) is 35.0 Å². The summed E-state index contributed by atoms with van der Waals surface area (Å²) in [5.74, 6) is 2.38. The lowest BCUT2D eigenvalue weighted by Gasteiger charge is -2.45. The predicted octanol–water partition coefficient (Wildman–Crippen LogP) is 6.08. The molecule has 0 aromatic rings. The van der Waals surface area contributed by atoms with E-state index >= 15 is 0 Å². The molecule has 0 aromatic heterocycles. The van der Waals surface area contributed by atoms with Crippen molar-refractivity contribution in [3.05, 3.63) is 22.7 Å². The minimum Gasteiger partial charge on any atom is -0.392 e. The third-order valence-electron chi connectivity index (χ3n) is 7.40. The number of aliphatic hydroxyl groups is 2. The van der Waals surface area contributed by atoms with E-state index in [1.54, 1.807) is 5.57 Å². The van der Waals surface area contributed by atoms with Crippen LogP contribution in [-0.4, -0.2) is 22.9 Å². The fourth-order valence-corrected chi connectivity index (χ4v) is 6.62. The largest absolute Gasteiger partial charge is 0.392 e. The number of hydrogen-bond donors (Lipinski definition) is 2. The average molecular weight is 427 g/mol. The van der Waals surface area contributed by atoms with Crippen molar-refractivity contribution in [2.75, 3.05) is 6.61 Å². The molecule has 0 spiro atoms. The Morgan fingerprint density at radius 3 is 2.58 bits per heavy atom. The molecule has 0 amide bonds. The van der Waals surface area contributed by atoms with Crippen LogP contribution in [0.1, 0.15) is 72.6 Å². The second-order valence-corrected chi connectivity index (χ2v) is 10.1. The number of hydrogen-bond acceptors (Lipinski definition) is 2. The van der Waals surface area contributed by atoms with Gasteiger partial charge in [-0.2, -0.15) is 0 Å². The molecular weight excluding hydrogens is 388 g/mol. The Labute approximate surface area is 169 Å². The number of rotatable bonds is 8. The molecule has 0 aliphatic heterocycles. The van der Waals surface area contributed by atoms with Crippen LogP contribution in [0.5, 0.6) is 0 Å². The van der Waals surface area contributed by atoms with Crippen molar-refractivity contribution >= 4 is 15.9 Å². The molecule has 2 aliphatic rings. The predicted molar refractivity (Wildman–Crippen MR) is 114 cm³/mol. The van der Waals surface area contributed by atoms with Gasteiger partial charge in [0.25, 0.3) is 0 Å². The zero-order valence-corrected chi connectivity index (χ0v) is 18.8. The van der Waals surface area contributed by atoms with Crippen LogP contribution in [0.25, 0.3) is 0 Å². The van der Waals surface area contributed by atoms with Gasteiger partial charge in [0.15, 0.2) is 0 Å². The zero-order chi connectivity index (χ0) is 19.5. The first-order valence-electron chi connectivity index (χ1n) is 10.5. The lowest BCUT2D eigenvalue weighted by molar-refractivity contribution is 0.0409. The van der Waals surface area contributed by atoms with E-state index in [1.165, 1.54) is 32.1 Å². The zero-order valence-electron chi connectivity index (χ0n) is 17.2. The van der Waals surface area contributed by atoms with Crippen molar-refractivity contribution in [3.63, 3.8) is 0 Å². The summed E-state index contributed by atoms with van der Waals surface area (Å²) < 4.78 is 0. The lowest BCUT2D eigenvalue weighted by atomic mass is 9.61. The Morgan fingerprint density at radius 2 is 2.00 bits per heavy atom. The number of aliphatic hydroxyl groups excluding tert-OH is 2. The van der Waals surface area contributed by atoms with Crippen LogP contribution in [0.15, 0.2) is 22.7 Å². The summed E-state index contributed by atoms with van der Waals surface area (Å²) in [6, 6.07) is 0. The molecule has 0 heterocycles. The van der Waals surface area contributed by atoms with Crippen molar-refractivity contribution < 1.29 is 10.2 Å². The summed E-state index contributed by atoms with van der Waals surface area (Å²) in [5, 5.41) is 20.5. The summed E-state index contributed by atoms with van der Waals surface area (Å²) >= 11 is 3.60. The van der Waals surface area contributed by atoms with Crippen LogP contribution in [0.2, 0.25) is 0 Å². The Kier molecular flexibility index (Phi) is 8.00. The maximum absolute atomic E-state index is 11.0.